The Labute approximate surface area is 125 Å². The van der Waals surface area contributed by atoms with E-state index in [1.54, 1.807) is 21.3 Å². The lowest BCUT2D eigenvalue weighted by atomic mass is 9.72. The molecule has 0 fully saturated rings. The molecule has 3 heteroatoms. The highest BCUT2D eigenvalue weighted by Crippen LogP contribution is 2.50. The van der Waals surface area contributed by atoms with E-state index in [2.05, 4.69) is 19.1 Å². The zero-order chi connectivity index (χ0) is 15.1. The van der Waals surface area contributed by atoms with Gasteiger partial charge < -0.3 is 14.2 Å². The van der Waals surface area contributed by atoms with Gasteiger partial charge in [0.15, 0.2) is 0 Å². The topological polar surface area (TPSA) is 27.7 Å². The first-order valence-corrected chi connectivity index (χ1v) is 6.99. The average molecular weight is 284 g/mol. The van der Waals surface area contributed by atoms with Crippen LogP contribution in [-0.2, 0) is 25.6 Å². The molecule has 3 rings (SSSR count). The number of benzene rings is 2. The molecule has 0 aromatic heterocycles. The fourth-order valence-corrected chi connectivity index (χ4v) is 3.41. The monoisotopic (exact) mass is 284 g/mol. The number of hydrogen-bond acceptors (Lipinski definition) is 3. The summed E-state index contributed by atoms with van der Waals surface area (Å²) in [5.41, 5.74) is 3.58. The van der Waals surface area contributed by atoms with Gasteiger partial charge in [-0.3, -0.25) is 0 Å². The SMILES string of the molecule is COC1(C)c2ccccc2C(OC)(OC)c2ccccc21. The van der Waals surface area contributed by atoms with Gasteiger partial charge in [-0.15, -0.1) is 0 Å². The maximum atomic E-state index is 5.90. The van der Waals surface area contributed by atoms with Crippen LogP contribution in [0.4, 0.5) is 0 Å². The lowest BCUT2D eigenvalue weighted by Crippen LogP contribution is -2.44. The first-order valence-electron chi connectivity index (χ1n) is 6.99. The molecule has 0 saturated carbocycles. The van der Waals surface area contributed by atoms with Gasteiger partial charge in [-0.1, -0.05) is 48.5 Å². The predicted molar refractivity (Wildman–Crippen MR) is 81.1 cm³/mol. The molecule has 0 heterocycles. The normalized spacial score (nSPS) is 17.9. The van der Waals surface area contributed by atoms with E-state index in [1.165, 1.54) is 0 Å². The van der Waals surface area contributed by atoms with Gasteiger partial charge in [0.05, 0.1) is 0 Å². The molecule has 2 aromatic rings. The van der Waals surface area contributed by atoms with E-state index in [-0.39, 0.29) is 0 Å². The Balaban J connectivity index is 2.42. The number of methoxy groups -OCH3 is 3. The lowest BCUT2D eigenvalue weighted by Gasteiger charge is -2.45. The van der Waals surface area contributed by atoms with Crippen LogP contribution >= 0.6 is 0 Å². The third-order valence-corrected chi connectivity index (χ3v) is 4.57. The highest BCUT2D eigenvalue weighted by molar-refractivity contribution is 5.55. The van der Waals surface area contributed by atoms with E-state index >= 15 is 0 Å². The van der Waals surface area contributed by atoms with Crippen LogP contribution in [0.25, 0.3) is 0 Å². The van der Waals surface area contributed by atoms with Gasteiger partial charge in [0.2, 0.25) is 5.79 Å². The Morgan fingerprint density at radius 2 is 1.00 bits per heavy atom. The van der Waals surface area contributed by atoms with Crippen molar-refractivity contribution in [3.63, 3.8) is 0 Å². The first kappa shape index (κ1) is 14.3. The fourth-order valence-electron chi connectivity index (χ4n) is 3.41. The van der Waals surface area contributed by atoms with Crippen LogP contribution in [0.5, 0.6) is 0 Å². The Hall–Kier alpha value is -1.68. The van der Waals surface area contributed by atoms with Gasteiger partial charge in [-0.25, -0.2) is 0 Å². The molecule has 0 N–H and O–H groups in total. The van der Waals surface area contributed by atoms with Gasteiger partial charge in [0.25, 0.3) is 0 Å². The Kier molecular flexibility index (Phi) is 3.36. The number of fused-ring (bicyclic) bond motifs is 2. The third kappa shape index (κ3) is 1.72. The summed E-state index contributed by atoms with van der Waals surface area (Å²) in [5.74, 6) is -0.898. The zero-order valence-corrected chi connectivity index (χ0v) is 12.8. The molecule has 0 aliphatic heterocycles. The van der Waals surface area contributed by atoms with Gasteiger partial charge >= 0.3 is 0 Å². The van der Waals surface area contributed by atoms with Crippen LogP contribution in [0.1, 0.15) is 29.2 Å². The molecule has 0 amide bonds. The molecule has 2 aromatic carbocycles. The molecular formula is C18H20O3. The fraction of sp³-hybridized carbons (Fsp3) is 0.333. The molecule has 110 valence electrons. The Morgan fingerprint density at radius 3 is 1.33 bits per heavy atom. The molecule has 0 radical (unpaired) electrons. The van der Waals surface area contributed by atoms with Crippen LogP contribution in [0, 0.1) is 0 Å². The standard InChI is InChI=1S/C18H20O3/c1-17(19-2)13-9-5-7-11-15(13)18(20-3,21-4)16-12-8-6-10-14(16)17/h5-12H,1-4H3. The minimum Gasteiger partial charge on any atom is -0.369 e. The second-order valence-corrected chi connectivity index (χ2v) is 5.35. The van der Waals surface area contributed by atoms with Crippen molar-refractivity contribution in [1.82, 2.24) is 0 Å². The quantitative estimate of drug-likeness (QED) is 0.808. The van der Waals surface area contributed by atoms with Crippen molar-refractivity contribution in [1.29, 1.82) is 0 Å². The number of rotatable bonds is 3. The van der Waals surface area contributed by atoms with Crippen molar-refractivity contribution in [2.24, 2.45) is 0 Å². The molecule has 3 nitrogen and oxygen atoms in total. The summed E-state index contributed by atoms with van der Waals surface area (Å²) in [5, 5.41) is 0. The maximum Gasteiger partial charge on any atom is 0.222 e. The van der Waals surface area contributed by atoms with Gasteiger partial charge in [-0.2, -0.15) is 0 Å². The van der Waals surface area contributed by atoms with Crippen LogP contribution in [-0.4, -0.2) is 21.3 Å². The Bertz CT molecular complexity index is 610. The van der Waals surface area contributed by atoms with E-state index in [1.807, 2.05) is 36.4 Å². The van der Waals surface area contributed by atoms with Crippen molar-refractivity contribution < 1.29 is 14.2 Å². The summed E-state index contributed by atoms with van der Waals surface area (Å²) in [4.78, 5) is 0. The third-order valence-electron chi connectivity index (χ3n) is 4.57. The largest absolute Gasteiger partial charge is 0.369 e. The highest BCUT2D eigenvalue weighted by Gasteiger charge is 2.49. The molecule has 1 aliphatic rings. The van der Waals surface area contributed by atoms with Crippen molar-refractivity contribution in [3.8, 4) is 0 Å². The van der Waals surface area contributed by atoms with E-state index < -0.39 is 11.4 Å². The van der Waals surface area contributed by atoms with E-state index in [0.717, 1.165) is 22.3 Å². The summed E-state index contributed by atoms with van der Waals surface area (Å²) in [7, 11) is 5.08. The maximum absolute atomic E-state index is 5.90. The summed E-state index contributed by atoms with van der Waals surface area (Å²) < 4.78 is 17.6. The molecule has 0 bridgehead atoms. The first-order chi connectivity index (χ1) is 10.1. The molecule has 0 spiro atoms. The average Bonchev–Trinajstić information content (AvgIpc) is 2.56. The predicted octanol–water partition coefficient (Wildman–Crippen LogP) is 3.40. The Morgan fingerprint density at radius 1 is 0.619 bits per heavy atom. The van der Waals surface area contributed by atoms with Crippen LogP contribution in [0.15, 0.2) is 48.5 Å². The number of ether oxygens (including phenoxy) is 3. The summed E-state index contributed by atoms with van der Waals surface area (Å²) >= 11 is 0. The van der Waals surface area contributed by atoms with Crippen LogP contribution in [0.3, 0.4) is 0 Å². The molecule has 0 saturated heterocycles. The second-order valence-electron chi connectivity index (χ2n) is 5.35. The lowest BCUT2D eigenvalue weighted by molar-refractivity contribution is -0.190. The minimum absolute atomic E-state index is 0.520. The van der Waals surface area contributed by atoms with Gasteiger partial charge in [0.1, 0.15) is 5.60 Å². The smallest absolute Gasteiger partial charge is 0.222 e. The van der Waals surface area contributed by atoms with Crippen molar-refractivity contribution in [3.05, 3.63) is 70.8 Å². The van der Waals surface area contributed by atoms with Gasteiger partial charge in [0, 0.05) is 32.5 Å². The van der Waals surface area contributed by atoms with Gasteiger partial charge in [-0.05, 0) is 18.1 Å². The van der Waals surface area contributed by atoms with Crippen LogP contribution < -0.4 is 0 Å². The summed E-state index contributed by atoms with van der Waals surface area (Å²) in [6, 6.07) is 16.2. The molecular weight excluding hydrogens is 264 g/mol. The molecule has 21 heavy (non-hydrogen) atoms. The second kappa shape index (κ2) is 4.95. The minimum atomic E-state index is -0.898. The van der Waals surface area contributed by atoms with E-state index in [0.29, 0.717) is 0 Å². The zero-order valence-electron chi connectivity index (χ0n) is 12.8. The summed E-state index contributed by atoms with van der Waals surface area (Å²) in [6.45, 7) is 2.08. The van der Waals surface area contributed by atoms with Crippen LogP contribution in [0.2, 0.25) is 0 Å². The van der Waals surface area contributed by atoms with Crippen molar-refractivity contribution in [2.75, 3.05) is 21.3 Å². The van der Waals surface area contributed by atoms with E-state index in [4.69, 9.17) is 14.2 Å². The van der Waals surface area contributed by atoms with Crippen molar-refractivity contribution >= 4 is 0 Å². The molecule has 0 atom stereocenters. The summed E-state index contributed by atoms with van der Waals surface area (Å²) in [6.07, 6.45) is 0. The van der Waals surface area contributed by atoms with E-state index in [9.17, 15) is 0 Å². The number of hydrogen-bond donors (Lipinski definition) is 0. The highest BCUT2D eigenvalue weighted by atomic mass is 16.7. The molecule has 1 aliphatic carbocycles. The molecule has 0 unspecified atom stereocenters. The van der Waals surface area contributed by atoms with Crippen molar-refractivity contribution in [2.45, 2.75) is 18.3 Å².